The summed E-state index contributed by atoms with van der Waals surface area (Å²) in [6, 6.07) is 21.2. The maximum atomic E-state index is 11.9. The maximum Gasteiger partial charge on any atom is 0.410 e. The molecule has 9 nitrogen and oxygen atoms in total. The number of amides is 1. The van der Waals surface area contributed by atoms with Crippen LogP contribution < -0.4 is 10.4 Å². The van der Waals surface area contributed by atoms with Crippen LogP contribution >= 0.6 is 0 Å². The highest BCUT2D eigenvalue weighted by atomic mass is 28.4. The number of nitrogens with zero attached hydrogens (tertiary/aromatic N) is 1. The monoisotopic (exact) mass is 633 g/mol. The maximum absolute atomic E-state index is 11.9. The molecule has 2 aromatic rings. The van der Waals surface area contributed by atoms with E-state index in [0.717, 1.165) is 0 Å². The van der Waals surface area contributed by atoms with Gasteiger partial charge in [0, 0.05) is 13.6 Å². The lowest BCUT2D eigenvalue weighted by Crippen LogP contribution is -2.66. The Labute approximate surface area is 266 Å². The highest BCUT2D eigenvalue weighted by Crippen LogP contribution is 2.36. The van der Waals surface area contributed by atoms with E-state index in [0.29, 0.717) is 79.2 Å². The molecule has 0 radical (unpaired) electrons. The fourth-order valence-corrected chi connectivity index (χ4v) is 9.17. The van der Waals surface area contributed by atoms with Crippen molar-refractivity contribution in [2.24, 2.45) is 0 Å². The van der Waals surface area contributed by atoms with Crippen LogP contribution in [0.1, 0.15) is 41.5 Å². The Morgan fingerprint density at radius 3 is 1.32 bits per heavy atom. The average Bonchev–Trinajstić information content (AvgIpc) is 2.97. The van der Waals surface area contributed by atoms with Gasteiger partial charge in [-0.3, -0.25) is 0 Å². The zero-order valence-electron chi connectivity index (χ0n) is 28.0. The molecule has 0 bridgehead atoms. The van der Waals surface area contributed by atoms with Crippen LogP contribution in [0.15, 0.2) is 60.7 Å². The Bertz CT molecular complexity index is 988. The van der Waals surface area contributed by atoms with Gasteiger partial charge in [0.15, 0.2) is 0 Å². The highest BCUT2D eigenvalue weighted by molar-refractivity contribution is 6.99. The first-order chi connectivity index (χ1) is 21.0. The molecule has 0 aromatic heterocycles. The molecule has 10 heteroatoms. The molecule has 0 aliphatic heterocycles. The van der Waals surface area contributed by atoms with Crippen molar-refractivity contribution in [3.63, 3.8) is 0 Å². The number of carbonyl (C=O) groups is 1. The van der Waals surface area contributed by atoms with E-state index in [2.05, 4.69) is 81.4 Å². The summed E-state index contributed by atoms with van der Waals surface area (Å²) in [6.45, 7) is 18.1. The van der Waals surface area contributed by atoms with E-state index in [9.17, 15) is 4.79 Å². The van der Waals surface area contributed by atoms with Crippen molar-refractivity contribution in [2.45, 2.75) is 52.2 Å². The van der Waals surface area contributed by atoms with Crippen molar-refractivity contribution < 1.29 is 37.6 Å². The van der Waals surface area contributed by atoms with E-state index < -0.39 is 13.9 Å². The van der Waals surface area contributed by atoms with Gasteiger partial charge in [-0.2, -0.15) is 0 Å². The normalized spacial score (nSPS) is 12.3. The van der Waals surface area contributed by atoms with Crippen LogP contribution in [0.2, 0.25) is 5.04 Å². The zero-order valence-corrected chi connectivity index (χ0v) is 29.0. The summed E-state index contributed by atoms with van der Waals surface area (Å²) in [5.41, 5.74) is -0.507. The molecule has 0 saturated carbocycles. The molecule has 0 N–H and O–H groups in total. The van der Waals surface area contributed by atoms with Crippen LogP contribution in [0.5, 0.6) is 0 Å². The van der Waals surface area contributed by atoms with E-state index in [-0.39, 0.29) is 11.1 Å². The summed E-state index contributed by atoms with van der Waals surface area (Å²) >= 11 is 0. The summed E-state index contributed by atoms with van der Waals surface area (Å²) in [6.07, 6.45) is -0.359. The summed E-state index contributed by atoms with van der Waals surface area (Å²) in [5, 5.41) is 2.47. The van der Waals surface area contributed by atoms with Gasteiger partial charge in [0.05, 0.1) is 72.7 Å². The van der Waals surface area contributed by atoms with E-state index in [1.807, 2.05) is 20.8 Å². The van der Waals surface area contributed by atoms with Crippen LogP contribution in [0.4, 0.5) is 4.79 Å². The Hall–Kier alpha value is -2.31. The number of benzene rings is 2. The van der Waals surface area contributed by atoms with E-state index in [4.69, 9.17) is 32.8 Å². The highest BCUT2D eigenvalue weighted by Gasteiger charge is 2.50. The smallest absolute Gasteiger partial charge is 0.410 e. The van der Waals surface area contributed by atoms with Gasteiger partial charge in [0.1, 0.15) is 5.60 Å². The van der Waals surface area contributed by atoms with Crippen LogP contribution in [0.25, 0.3) is 0 Å². The van der Waals surface area contributed by atoms with Crippen LogP contribution in [-0.2, 0) is 32.8 Å². The molecule has 2 aromatic carbocycles. The molecule has 0 aliphatic rings. The summed E-state index contributed by atoms with van der Waals surface area (Å²) in [5.74, 6) is 0. The van der Waals surface area contributed by atoms with Gasteiger partial charge < -0.3 is 37.7 Å². The van der Waals surface area contributed by atoms with Crippen molar-refractivity contribution in [2.75, 3.05) is 86.3 Å². The third-order valence-corrected chi connectivity index (χ3v) is 11.8. The van der Waals surface area contributed by atoms with Crippen molar-refractivity contribution >= 4 is 24.8 Å². The number of rotatable bonds is 21. The van der Waals surface area contributed by atoms with Gasteiger partial charge in [-0.15, -0.1) is 0 Å². The van der Waals surface area contributed by atoms with E-state index >= 15 is 0 Å². The Morgan fingerprint density at radius 1 is 0.591 bits per heavy atom. The quantitative estimate of drug-likeness (QED) is 0.147. The van der Waals surface area contributed by atoms with E-state index in [1.165, 1.54) is 15.3 Å². The summed E-state index contributed by atoms with van der Waals surface area (Å²) < 4.78 is 40.2. The zero-order chi connectivity index (χ0) is 32.3. The van der Waals surface area contributed by atoms with Gasteiger partial charge in [0.2, 0.25) is 0 Å². The third-order valence-electron chi connectivity index (χ3n) is 6.73. The number of ether oxygens (including phenoxy) is 6. The standard InChI is InChI=1S/C34H55NO8Si/c1-33(2,3)43-32(36)35(7)18-19-37-20-21-38-22-23-39-24-25-40-26-27-41-28-29-42-44(34(4,5)6,30-14-10-8-11-15-30)31-16-12-9-13-17-31/h8-17H,18-29H2,1-7H3. The third kappa shape index (κ3) is 13.8. The second kappa shape index (κ2) is 19.9. The molecule has 248 valence electrons. The minimum atomic E-state index is -2.54. The van der Waals surface area contributed by atoms with Gasteiger partial charge in [-0.25, -0.2) is 4.79 Å². The second-order valence-electron chi connectivity index (χ2n) is 12.5. The van der Waals surface area contributed by atoms with Crippen LogP contribution in [0.3, 0.4) is 0 Å². The van der Waals surface area contributed by atoms with Crippen molar-refractivity contribution in [3.8, 4) is 0 Å². The Balaban J connectivity index is 1.50. The number of hydrogen-bond acceptors (Lipinski definition) is 8. The van der Waals surface area contributed by atoms with Gasteiger partial charge in [0.25, 0.3) is 8.32 Å². The van der Waals surface area contributed by atoms with Crippen molar-refractivity contribution in [1.82, 2.24) is 4.90 Å². The molecule has 0 fully saturated rings. The van der Waals surface area contributed by atoms with E-state index in [1.54, 1.807) is 7.05 Å². The Morgan fingerprint density at radius 2 is 0.955 bits per heavy atom. The fourth-order valence-electron chi connectivity index (χ4n) is 4.63. The number of likely N-dealkylation sites (N-methyl/N-ethyl adjacent to an activating group) is 1. The lowest BCUT2D eigenvalue weighted by atomic mass is 10.2. The van der Waals surface area contributed by atoms with Crippen molar-refractivity contribution in [3.05, 3.63) is 60.7 Å². The molecular weight excluding hydrogens is 578 g/mol. The predicted octanol–water partition coefficient (Wildman–Crippen LogP) is 4.51. The first-order valence-electron chi connectivity index (χ1n) is 15.6. The van der Waals surface area contributed by atoms with Crippen LogP contribution in [0, 0.1) is 0 Å². The van der Waals surface area contributed by atoms with Gasteiger partial charge in [-0.05, 0) is 36.2 Å². The predicted molar refractivity (Wildman–Crippen MR) is 177 cm³/mol. The second-order valence-corrected chi connectivity index (χ2v) is 16.8. The average molecular weight is 634 g/mol. The SMILES string of the molecule is CN(CCOCCOCCOCCOCCOCCO[Si](c1ccccc1)(c1ccccc1)C(C)(C)C)C(=O)OC(C)(C)C. The molecule has 0 heterocycles. The molecule has 2 rings (SSSR count). The lowest BCUT2D eigenvalue weighted by molar-refractivity contribution is -0.0145. The number of hydrogen-bond donors (Lipinski definition) is 0. The number of carbonyl (C=O) groups excluding carboxylic acids is 1. The molecule has 0 saturated heterocycles. The largest absolute Gasteiger partial charge is 0.444 e. The molecule has 0 spiro atoms. The van der Waals surface area contributed by atoms with Crippen molar-refractivity contribution in [1.29, 1.82) is 0 Å². The summed E-state index contributed by atoms with van der Waals surface area (Å²) in [7, 11) is -0.845. The molecule has 0 atom stereocenters. The molecule has 0 aliphatic carbocycles. The molecule has 1 amide bonds. The van der Waals surface area contributed by atoms with Crippen LogP contribution in [-0.4, -0.2) is 111 Å². The minimum absolute atomic E-state index is 0.0562. The lowest BCUT2D eigenvalue weighted by Gasteiger charge is -2.43. The molecule has 44 heavy (non-hydrogen) atoms. The topological polar surface area (TPSA) is 84.9 Å². The first-order valence-corrected chi connectivity index (χ1v) is 17.5. The molecule has 0 unspecified atom stereocenters. The first kappa shape index (κ1) is 37.9. The fraction of sp³-hybridized carbons (Fsp3) is 0.618. The van der Waals surface area contributed by atoms with Gasteiger partial charge in [-0.1, -0.05) is 81.4 Å². The Kier molecular flexibility index (Phi) is 17.2. The minimum Gasteiger partial charge on any atom is -0.444 e. The van der Waals surface area contributed by atoms with Gasteiger partial charge >= 0.3 is 6.09 Å². The molecular formula is C34H55NO8Si. The summed E-state index contributed by atoms with van der Waals surface area (Å²) in [4.78, 5) is 13.4.